The minimum atomic E-state index is -0.292. The SMILES string of the molecule is COCCCOc1cc2c(nc1OC)-c1cc(=O)c(C(C)=O)cn1[C@H](C(C)C)C2. The van der Waals surface area contributed by atoms with Crippen LogP contribution in [0.15, 0.2) is 23.1 Å². The second kappa shape index (κ2) is 8.78. The van der Waals surface area contributed by atoms with Gasteiger partial charge in [0.25, 0.3) is 5.88 Å². The number of hydrogen-bond acceptors (Lipinski definition) is 6. The molecule has 2 aromatic rings. The number of methoxy groups -OCH3 is 2. The van der Waals surface area contributed by atoms with Crippen molar-refractivity contribution in [3.63, 3.8) is 0 Å². The number of carbonyl (C=O) groups is 1. The van der Waals surface area contributed by atoms with E-state index in [-0.39, 0.29) is 22.8 Å². The van der Waals surface area contributed by atoms with Crippen molar-refractivity contribution in [2.75, 3.05) is 27.4 Å². The summed E-state index contributed by atoms with van der Waals surface area (Å²) in [6.07, 6.45) is 3.17. The number of rotatable bonds is 8. The number of nitrogens with zero attached hydrogens (tertiary/aromatic N) is 2. The van der Waals surface area contributed by atoms with Crippen LogP contribution in [0.1, 0.15) is 49.2 Å². The number of aromatic nitrogens is 2. The second-order valence-electron chi connectivity index (χ2n) is 7.61. The summed E-state index contributed by atoms with van der Waals surface area (Å²) in [4.78, 5) is 29.1. The first-order chi connectivity index (χ1) is 13.9. The van der Waals surface area contributed by atoms with Crippen molar-refractivity contribution in [2.24, 2.45) is 5.92 Å². The Morgan fingerprint density at radius 3 is 2.66 bits per heavy atom. The Balaban J connectivity index is 2.10. The molecule has 1 atom stereocenters. The van der Waals surface area contributed by atoms with Gasteiger partial charge in [-0.15, -0.1) is 0 Å². The summed E-state index contributed by atoms with van der Waals surface area (Å²) in [5.41, 5.74) is 2.30. The molecular formula is C22H28N2O5. The molecule has 0 saturated heterocycles. The molecule has 156 valence electrons. The lowest BCUT2D eigenvalue weighted by Gasteiger charge is -2.33. The predicted molar refractivity (Wildman–Crippen MR) is 110 cm³/mol. The standard InChI is InChI=1S/C22H28N2O5/c1-13(2)17-9-15-10-20(29-8-6-7-27-4)22(28-5)23-21(15)18-11-19(26)16(14(3)25)12-24(17)18/h10-13,17H,6-9H2,1-5H3/t17-/m0/s1. The Bertz CT molecular complexity index is 964. The van der Waals surface area contributed by atoms with E-state index in [4.69, 9.17) is 14.2 Å². The van der Waals surface area contributed by atoms with Gasteiger partial charge >= 0.3 is 0 Å². The third-order valence-electron chi connectivity index (χ3n) is 5.23. The molecular weight excluding hydrogens is 372 g/mol. The third-order valence-corrected chi connectivity index (χ3v) is 5.23. The minimum absolute atomic E-state index is 0.104. The molecule has 0 unspecified atom stereocenters. The Morgan fingerprint density at radius 2 is 2.03 bits per heavy atom. The van der Waals surface area contributed by atoms with Crippen LogP contribution in [0.2, 0.25) is 0 Å². The van der Waals surface area contributed by atoms with Crippen LogP contribution in [0.5, 0.6) is 11.6 Å². The van der Waals surface area contributed by atoms with Crippen LogP contribution in [0.25, 0.3) is 11.4 Å². The van der Waals surface area contributed by atoms with Gasteiger partial charge in [0.1, 0.15) is 0 Å². The molecule has 0 bridgehead atoms. The number of ketones is 1. The van der Waals surface area contributed by atoms with Crippen molar-refractivity contribution in [1.29, 1.82) is 0 Å². The Hall–Kier alpha value is -2.67. The Morgan fingerprint density at radius 1 is 1.28 bits per heavy atom. The number of pyridine rings is 2. The van der Waals surface area contributed by atoms with Crippen molar-refractivity contribution in [2.45, 2.75) is 39.7 Å². The van der Waals surface area contributed by atoms with E-state index in [0.29, 0.717) is 42.1 Å². The highest BCUT2D eigenvalue weighted by Gasteiger charge is 2.30. The van der Waals surface area contributed by atoms with Gasteiger partial charge in [-0.25, -0.2) is 4.98 Å². The fourth-order valence-electron chi connectivity index (χ4n) is 3.69. The largest absolute Gasteiger partial charge is 0.488 e. The maximum atomic E-state index is 12.5. The normalized spacial score (nSPS) is 15.0. The zero-order valence-corrected chi connectivity index (χ0v) is 17.7. The fraction of sp³-hybridized carbons (Fsp3) is 0.500. The monoisotopic (exact) mass is 400 g/mol. The van der Waals surface area contributed by atoms with Crippen LogP contribution in [-0.2, 0) is 11.2 Å². The lowest BCUT2D eigenvalue weighted by Crippen LogP contribution is -2.28. The van der Waals surface area contributed by atoms with E-state index in [9.17, 15) is 9.59 Å². The zero-order chi connectivity index (χ0) is 21.1. The van der Waals surface area contributed by atoms with Gasteiger partial charge in [0, 0.05) is 38.4 Å². The van der Waals surface area contributed by atoms with Crippen molar-refractivity contribution in [3.8, 4) is 23.0 Å². The number of ether oxygens (including phenoxy) is 3. The van der Waals surface area contributed by atoms with Crippen molar-refractivity contribution in [3.05, 3.63) is 39.7 Å². The molecule has 3 heterocycles. The van der Waals surface area contributed by atoms with E-state index < -0.39 is 0 Å². The van der Waals surface area contributed by atoms with Crippen LogP contribution < -0.4 is 14.9 Å². The summed E-state index contributed by atoms with van der Waals surface area (Å²) in [7, 11) is 3.20. The first kappa shape index (κ1) is 21.0. The summed E-state index contributed by atoms with van der Waals surface area (Å²) in [5.74, 6) is 1.03. The van der Waals surface area contributed by atoms with Crippen molar-refractivity contribution in [1.82, 2.24) is 9.55 Å². The average molecular weight is 400 g/mol. The average Bonchev–Trinajstić information content (AvgIpc) is 2.69. The van der Waals surface area contributed by atoms with Gasteiger partial charge in [-0.05, 0) is 30.9 Å². The van der Waals surface area contributed by atoms with E-state index in [2.05, 4.69) is 18.8 Å². The molecule has 0 aliphatic carbocycles. The smallest absolute Gasteiger partial charge is 0.257 e. The number of carbonyl (C=O) groups excluding carboxylic acids is 1. The van der Waals surface area contributed by atoms with Crippen LogP contribution in [0.3, 0.4) is 0 Å². The van der Waals surface area contributed by atoms with Gasteiger partial charge in [-0.3, -0.25) is 9.59 Å². The van der Waals surface area contributed by atoms with Crippen LogP contribution in [0.4, 0.5) is 0 Å². The first-order valence-electron chi connectivity index (χ1n) is 9.84. The molecule has 2 aromatic heterocycles. The lowest BCUT2D eigenvalue weighted by molar-refractivity contribution is 0.101. The van der Waals surface area contributed by atoms with Gasteiger partial charge in [-0.2, -0.15) is 0 Å². The van der Waals surface area contributed by atoms with E-state index in [1.165, 1.54) is 13.0 Å². The fourth-order valence-corrected chi connectivity index (χ4v) is 3.69. The molecule has 0 radical (unpaired) electrons. The van der Waals surface area contributed by atoms with E-state index >= 15 is 0 Å². The number of Topliss-reactive ketones (excluding diaryl/α,β-unsaturated/α-hetero) is 1. The molecule has 0 fully saturated rings. The zero-order valence-electron chi connectivity index (χ0n) is 17.7. The molecule has 3 rings (SSSR count). The molecule has 29 heavy (non-hydrogen) atoms. The summed E-state index contributed by atoms with van der Waals surface area (Å²) in [5, 5.41) is 0. The van der Waals surface area contributed by atoms with Crippen LogP contribution >= 0.6 is 0 Å². The summed E-state index contributed by atoms with van der Waals surface area (Å²) in [6.45, 7) is 6.79. The molecule has 7 heteroatoms. The maximum absolute atomic E-state index is 12.5. The lowest BCUT2D eigenvalue weighted by atomic mass is 9.89. The molecule has 7 nitrogen and oxygen atoms in total. The van der Waals surface area contributed by atoms with Gasteiger partial charge in [0.2, 0.25) is 0 Å². The summed E-state index contributed by atoms with van der Waals surface area (Å²) < 4.78 is 18.4. The van der Waals surface area contributed by atoms with E-state index in [0.717, 1.165) is 18.4 Å². The minimum Gasteiger partial charge on any atom is -0.488 e. The quantitative estimate of drug-likeness (QED) is 0.500. The molecule has 0 spiro atoms. The predicted octanol–water partition coefficient (Wildman–Crippen LogP) is 3.29. The Kier molecular flexibility index (Phi) is 6.37. The second-order valence-corrected chi connectivity index (χ2v) is 7.61. The van der Waals surface area contributed by atoms with Gasteiger partial charge in [-0.1, -0.05) is 13.8 Å². The van der Waals surface area contributed by atoms with Crippen molar-refractivity contribution < 1.29 is 19.0 Å². The van der Waals surface area contributed by atoms with Gasteiger partial charge in [0.05, 0.1) is 30.7 Å². The van der Waals surface area contributed by atoms with Crippen LogP contribution in [0, 0.1) is 5.92 Å². The van der Waals surface area contributed by atoms with Gasteiger partial charge < -0.3 is 18.8 Å². The first-order valence-corrected chi connectivity index (χ1v) is 9.84. The highest BCUT2D eigenvalue weighted by molar-refractivity contribution is 5.94. The highest BCUT2D eigenvalue weighted by atomic mass is 16.5. The highest BCUT2D eigenvalue weighted by Crippen LogP contribution is 2.40. The summed E-state index contributed by atoms with van der Waals surface area (Å²) in [6, 6.07) is 3.57. The summed E-state index contributed by atoms with van der Waals surface area (Å²) >= 11 is 0. The van der Waals surface area contributed by atoms with Gasteiger partial charge in [0.15, 0.2) is 17.0 Å². The van der Waals surface area contributed by atoms with Crippen molar-refractivity contribution >= 4 is 5.78 Å². The molecule has 0 N–H and O–H groups in total. The molecule has 1 aliphatic heterocycles. The Labute approximate surface area is 170 Å². The third kappa shape index (κ3) is 4.19. The molecule has 0 amide bonds. The number of hydrogen-bond donors (Lipinski definition) is 0. The molecule has 0 saturated carbocycles. The van der Waals surface area contributed by atoms with Crippen LogP contribution in [-0.4, -0.2) is 42.8 Å². The topological polar surface area (TPSA) is 79.7 Å². The maximum Gasteiger partial charge on any atom is 0.257 e. The van der Waals surface area contributed by atoms with E-state index in [1.807, 2.05) is 10.6 Å². The molecule has 1 aliphatic rings. The molecule has 0 aromatic carbocycles. The number of fused-ring (bicyclic) bond motifs is 3. The van der Waals surface area contributed by atoms with E-state index in [1.54, 1.807) is 20.4 Å².